The predicted octanol–water partition coefficient (Wildman–Crippen LogP) is 19.2. The molecule has 0 saturated heterocycles. The quantitative estimate of drug-likeness (QED) is 0.0321. The monoisotopic (exact) mass is 970 g/mol. The van der Waals surface area contributed by atoms with Crippen LogP contribution in [0.1, 0.15) is 328 Å². The van der Waals surface area contributed by atoms with Crippen LogP contribution in [-0.4, -0.2) is 47.4 Å². The van der Waals surface area contributed by atoms with E-state index < -0.39 is 12.1 Å². The van der Waals surface area contributed by atoms with Crippen molar-refractivity contribution in [3.63, 3.8) is 0 Å². The van der Waals surface area contributed by atoms with E-state index in [0.29, 0.717) is 19.4 Å². The zero-order valence-electron chi connectivity index (χ0n) is 46.3. The van der Waals surface area contributed by atoms with E-state index in [0.717, 1.165) is 44.9 Å². The van der Waals surface area contributed by atoms with Crippen LogP contribution < -0.4 is 5.32 Å². The van der Waals surface area contributed by atoms with Crippen LogP contribution in [0, 0.1) is 0 Å². The van der Waals surface area contributed by atoms with Gasteiger partial charge in [-0.15, -0.1) is 0 Å². The second kappa shape index (κ2) is 58.6. The molecule has 0 heterocycles. The summed E-state index contributed by atoms with van der Waals surface area (Å²) in [5.74, 6) is -0.0630. The first-order chi connectivity index (χ1) is 34.0. The highest BCUT2D eigenvalue weighted by atomic mass is 16.5. The number of unbranched alkanes of at least 4 members (excludes halogenated alkanes) is 42. The molecule has 0 aromatic rings. The van der Waals surface area contributed by atoms with E-state index in [-0.39, 0.29) is 18.5 Å². The minimum absolute atomic E-state index is 0.00511. The van der Waals surface area contributed by atoms with Gasteiger partial charge in [0, 0.05) is 12.8 Å². The van der Waals surface area contributed by atoms with Crippen LogP contribution in [0.5, 0.6) is 0 Å². The number of aliphatic hydroxyl groups is 2. The Morgan fingerprint density at radius 1 is 0.391 bits per heavy atom. The van der Waals surface area contributed by atoms with Crippen LogP contribution in [0.2, 0.25) is 0 Å². The molecule has 3 N–H and O–H groups in total. The molecule has 0 aliphatic heterocycles. The summed E-state index contributed by atoms with van der Waals surface area (Å²) in [7, 11) is 0. The van der Waals surface area contributed by atoms with Gasteiger partial charge in [-0.05, 0) is 83.5 Å². The first-order valence-electron chi connectivity index (χ1n) is 30.8. The average molecular weight is 971 g/mol. The second-order valence-corrected chi connectivity index (χ2v) is 21.0. The van der Waals surface area contributed by atoms with Crippen LogP contribution in [0.25, 0.3) is 0 Å². The van der Waals surface area contributed by atoms with Gasteiger partial charge in [-0.1, -0.05) is 269 Å². The summed E-state index contributed by atoms with van der Waals surface area (Å²) in [5.41, 5.74) is 0. The number of rotatable bonds is 57. The Morgan fingerprint density at radius 3 is 1.06 bits per heavy atom. The summed E-state index contributed by atoms with van der Waals surface area (Å²) in [6, 6.07) is -0.627. The van der Waals surface area contributed by atoms with Crippen molar-refractivity contribution in [2.24, 2.45) is 0 Å². The number of carbonyl (C=O) groups excluding carboxylic acids is 2. The lowest BCUT2D eigenvalue weighted by atomic mass is 10.0. The molecule has 0 aromatic heterocycles. The van der Waals surface area contributed by atoms with Crippen molar-refractivity contribution in [3.05, 3.63) is 36.5 Å². The zero-order chi connectivity index (χ0) is 50.0. The molecule has 69 heavy (non-hydrogen) atoms. The van der Waals surface area contributed by atoms with Crippen molar-refractivity contribution in [2.75, 3.05) is 13.2 Å². The number of carbonyl (C=O) groups is 2. The topological polar surface area (TPSA) is 95.9 Å². The number of hydrogen-bond donors (Lipinski definition) is 3. The third-order valence-electron chi connectivity index (χ3n) is 14.1. The molecule has 2 unspecified atom stereocenters. The molecule has 0 aromatic carbocycles. The van der Waals surface area contributed by atoms with Gasteiger partial charge in [0.25, 0.3) is 0 Å². The SMILES string of the molecule is CCCCC/C=C\CCCCCCCC(=O)OCCCCCCCCCCCCCC/C=C\CCCCCCCCCCCCCCC(=O)NC(CO)C(O)/C=C/CCCCCCCCCCCC. The summed E-state index contributed by atoms with van der Waals surface area (Å²) >= 11 is 0. The smallest absolute Gasteiger partial charge is 0.305 e. The molecule has 6 heteroatoms. The van der Waals surface area contributed by atoms with Crippen LogP contribution in [0.4, 0.5) is 0 Å². The fourth-order valence-electron chi connectivity index (χ4n) is 9.39. The Bertz CT molecular complexity index is 1120. The molecule has 1 amide bonds. The Kier molecular flexibility index (Phi) is 57.0. The van der Waals surface area contributed by atoms with Gasteiger partial charge in [0.2, 0.25) is 5.91 Å². The van der Waals surface area contributed by atoms with E-state index in [1.165, 1.54) is 257 Å². The van der Waals surface area contributed by atoms with E-state index in [4.69, 9.17) is 4.74 Å². The van der Waals surface area contributed by atoms with Crippen molar-refractivity contribution in [1.29, 1.82) is 0 Å². The maximum atomic E-state index is 12.4. The largest absolute Gasteiger partial charge is 0.466 e. The van der Waals surface area contributed by atoms with Crippen LogP contribution in [0.15, 0.2) is 36.5 Å². The average Bonchev–Trinajstić information content (AvgIpc) is 3.35. The third kappa shape index (κ3) is 55.2. The normalized spacial score (nSPS) is 12.8. The number of aliphatic hydroxyl groups excluding tert-OH is 2. The molecule has 0 saturated carbocycles. The molecule has 0 aliphatic rings. The van der Waals surface area contributed by atoms with E-state index in [2.05, 4.69) is 43.5 Å². The summed E-state index contributed by atoms with van der Waals surface area (Å²) in [5, 5.41) is 23.1. The number of nitrogens with one attached hydrogen (secondary N) is 1. The number of esters is 1. The molecule has 406 valence electrons. The standard InChI is InChI=1S/C63H119NO5/c1-3-5-7-9-11-13-15-35-39-43-47-51-55-61(66)60(59-65)64-62(67)56-52-48-44-40-36-33-31-29-27-25-23-21-19-17-18-20-22-24-26-28-30-32-34-38-42-46-50-54-58-69-63(68)57-53-49-45-41-37-16-14-12-10-8-6-4-2/h12,14,17-18,51,55,60-61,65-66H,3-11,13,15-16,19-50,52-54,56-59H2,1-2H3,(H,64,67)/b14-12-,18-17-,55-51+. The fourth-order valence-corrected chi connectivity index (χ4v) is 9.39. The molecule has 0 fully saturated rings. The molecule has 0 rings (SSSR count). The summed E-state index contributed by atoms with van der Waals surface area (Å²) in [4.78, 5) is 24.4. The van der Waals surface area contributed by atoms with Gasteiger partial charge in [-0.2, -0.15) is 0 Å². The summed E-state index contributed by atoms with van der Waals surface area (Å²) < 4.78 is 5.47. The molecular weight excluding hydrogens is 851 g/mol. The molecule has 0 radical (unpaired) electrons. The number of hydrogen-bond acceptors (Lipinski definition) is 5. The van der Waals surface area contributed by atoms with Gasteiger partial charge in [-0.3, -0.25) is 9.59 Å². The fraction of sp³-hybridized carbons (Fsp3) is 0.873. The Balaban J connectivity index is 3.39. The highest BCUT2D eigenvalue weighted by molar-refractivity contribution is 5.76. The molecule has 0 spiro atoms. The van der Waals surface area contributed by atoms with E-state index in [1.54, 1.807) is 6.08 Å². The number of amides is 1. The van der Waals surface area contributed by atoms with Crippen LogP contribution >= 0.6 is 0 Å². The maximum Gasteiger partial charge on any atom is 0.305 e. The summed E-state index contributed by atoms with van der Waals surface area (Å²) in [6.07, 6.45) is 73.4. The van der Waals surface area contributed by atoms with E-state index in [9.17, 15) is 19.8 Å². The third-order valence-corrected chi connectivity index (χ3v) is 14.1. The minimum atomic E-state index is -0.843. The number of ether oxygens (including phenoxy) is 1. The van der Waals surface area contributed by atoms with Gasteiger partial charge in [0.05, 0.1) is 25.4 Å². The first-order valence-corrected chi connectivity index (χ1v) is 30.8. The Hall–Kier alpha value is -1.92. The highest BCUT2D eigenvalue weighted by Crippen LogP contribution is 2.17. The van der Waals surface area contributed by atoms with Gasteiger partial charge < -0.3 is 20.3 Å². The van der Waals surface area contributed by atoms with Crippen LogP contribution in [0.3, 0.4) is 0 Å². The van der Waals surface area contributed by atoms with Crippen molar-refractivity contribution in [1.82, 2.24) is 5.32 Å². The lowest BCUT2D eigenvalue weighted by molar-refractivity contribution is -0.143. The molecule has 6 nitrogen and oxygen atoms in total. The second-order valence-electron chi connectivity index (χ2n) is 21.0. The van der Waals surface area contributed by atoms with Crippen molar-refractivity contribution >= 4 is 11.9 Å². The number of allylic oxidation sites excluding steroid dienone is 5. The van der Waals surface area contributed by atoms with Crippen molar-refractivity contribution in [3.8, 4) is 0 Å². The Morgan fingerprint density at radius 2 is 0.681 bits per heavy atom. The van der Waals surface area contributed by atoms with Gasteiger partial charge in [0.15, 0.2) is 0 Å². The maximum absolute atomic E-state index is 12.4. The van der Waals surface area contributed by atoms with Gasteiger partial charge in [-0.25, -0.2) is 0 Å². The van der Waals surface area contributed by atoms with Crippen molar-refractivity contribution in [2.45, 2.75) is 341 Å². The van der Waals surface area contributed by atoms with Crippen LogP contribution in [-0.2, 0) is 14.3 Å². The molecule has 0 aliphatic carbocycles. The first kappa shape index (κ1) is 67.1. The highest BCUT2D eigenvalue weighted by Gasteiger charge is 2.18. The molecule has 2 atom stereocenters. The van der Waals surface area contributed by atoms with E-state index >= 15 is 0 Å². The van der Waals surface area contributed by atoms with Gasteiger partial charge in [0.1, 0.15) is 0 Å². The molecule has 0 bridgehead atoms. The molecular formula is C63H119NO5. The minimum Gasteiger partial charge on any atom is -0.466 e. The predicted molar refractivity (Wildman–Crippen MR) is 301 cm³/mol. The summed E-state index contributed by atoms with van der Waals surface area (Å²) in [6.45, 7) is 4.88. The lowest BCUT2D eigenvalue weighted by Crippen LogP contribution is -2.45. The Labute approximate surface area is 430 Å². The van der Waals surface area contributed by atoms with Crippen molar-refractivity contribution < 1.29 is 24.5 Å². The van der Waals surface area contributed by atoms with Gasteiger partial charge >= 0.3 is 5.97 Å². The van der Waals surface area contributed by atoms with E-state index in [1.807, 2.05) is 6.08 Å². The lowest BCUT2D eigenvalue weighted by Gasteiger charge is -2.20. The zero-order valence-corrected chi connectivity index (χ0v) is 46.3.